The van der Waals surface area contributed by atoms with Crippen molar-refractivity contribution in [3.05, 3.63) is 35.3 Å². The molecule has 14 heteroatoms. The summed E-state index contributed by atoms with van der Waals surface area (Å²) in [4.78, 5) is 32.9. The minimum absolute atomic E-state index is 0.0493. The van der Waals surface area contributed by atoms with Crippen molar-refractivity contribution >= 4 is 55.6 Å². The summed E-state index contributed by atoms with van der Waals surface area (Å²) < 4.78 is 17.8. The van der Waals surface area contributed by atoms with Gasteiger partial charge in [0.05, 0.1) is 21.9 Å². The summed E-state index contributed by atoms with van der Waals surface area (Å²) in [5.74, 6) is 1.76. The maximum atomic E-state index is 11.3. The summed E-state index contributed by atoms with van der Waals surface area (Å²) in [6, 6.07) is 8.46. The number of H-pyrrole nitrogens is 1. The topological polar surface area (TPSA) is 139 Å². The van der Waals surface area contributed by atoms with Crippen molar-refractivity contribution in [3.8, 4) is 11.4 Å². The molecule has 45 heavy (non-hydrogen) atoms. The number of carbonyl (C=O) groups is 1. The summed E-state index contributed by atoms with van der Waals surface area (Å²) in [5.41, 5.74) is 3.04. The number of aromatic nitrogens is 4. The van der Waals surface area contributed by atoms with E-state index in [1.54, 1.807) is 0 Å². The van der Waals surface area contributed by atoms with Crippen LogP contribution in [0.5, 0.6) is 0 Å². The molecule has 2 aliphatic heterocycles. The number of likely N-dealkylation sites (N-methyl/N-ethyl adjacent to an activating group) is 1. The van der Waals surface area contributed by atoms with Crippen molar-refractivity contribution in [2.24, 2.45) is 0 Å². The lowest BCUT2D eigenvalue weighted by atomic mass is 10.1. The summed E-state index contributed by atoms with van der Waals surface area (Å²) in [5, 5.41) is 17.3. The van der Waals surface area contributed by atoms with Crippen LogP contribution in [0.1, 0.15) is 37.0 Å². The predicted octanol–water partition coefficient (Wildman–Crippen LogP) is 2.95. The molecule has 0 bridgehead atoms. The van der Waals surface area contributed by atoms with Crippen LogP contribution in [0.25, 0.3) is 32.5 Å². The average molecular weight is 655 g/mol. The fourth-order valence-corrected chi connectivity index (χ4v) is 7.20. The second-order valence-electron chi connectivity index (χ2n) is 11.8. The van der Waals surface area contributed by atoms with Gasteiger partial charge in [0.15, 0.2) is 17.4 Å². The standard InChI is InChI=1S/C31H42N8O2S.O2S/c1-36-11-13-38(14-12-36)21-24-19-28-29(42-24)31(34-30(33-28)25-8-6-9-27-26(25)20-32-35-27)39-17-15-37(16-18-39)10-5-3-2-4-7-23(41)22-40;1-3-2/h6,8-9,19-20,40H,2-5,7,10-18,21-22H2,1H3,(H,32,35);. The number of piperazine rings is 2. The number of hydrogen-bond acceptors (Lipinski definition) is 12. The maximum Gasteiger partial charge on any atom is 0.335 e. The van der Waals surface area contributed by atoms with Crippen LogP contribution in [-0.2, 0) is 22.9 Å². The van der Waals surface area contributed by atoms with Crippen LogP contribution in [0.4, 0.5) is 5.82 Å². The molecule has 0 amide bonds. The van der Waals surface area contributed by atoms with E-state index in [-0.39, 0.29) is 12.4 Å². The Kier molecular flexibility index (Phi) is 12.1. The highest BCUT2D eigenvalue weighted by Crippen LogP contribution is 2.36. The first-order valence-corrected chi connectivity index (χ1v) is 17.1. The first-order valence-electron chi connectivity index (χ1n) is 15.6. The Morgan fingerprint density at radius 2 is 1.71 bits per heavy atom. The number of Topliss-reactive ketones (excluding diaryl/α,β-unsaturated/α-hetero) is 1. The Morgan fingerprint density at radius 3 is 2.47 bits per heavy atom. The molecule has 0 spiro atoms. The highest BCUT2D eigenvalue weighted by Gasteiger charge is 2.24. The van der Waals surface area contributed by atoms with Gasteiger partial charge in [-0.3, -0.25) is 19.7 Å². The maximum absolute atomic E-state index is 11.3. The number of rotatable bonds is 12. The molecule has 4 aromatic rings. The summed E-state index contributed by atoms with van der Waals surface area (Å²) >= 11 is 1.10. The molecular formula is C31H42N8O4S2. The van der Waals surface area contributed by atoms with Gasteiger partial charge < -0.3 is 14.9 Å². The van der Waals surface area contributed by atoms with Crippen LogP contribution in [-0.4, -0.2) is 127 Å². The third-order valence-electron chi connectivity index (χ3n) is 8.63. The quantitative estimate of drug-likeness (QED) is 0.218. The number of aliphatic hydroxyl groups excluding tert-OH is 1. The van der Waals surface area contributed by atoms with Crippen LogP contribution in [0.15, 0.2) is 30.5 Å². The average Bonchev–Trinajstić information content (AvgIpc) is 3.71. The lowest BCUT2D eigenvalue weighted by Crippen LogP contribution is -2.47. The molecule has 2 aliphatic rings. The molecule has 5 heterocycles. The Bertz CT molecular complexity index is 1590. The lowest BCUT2D eigenvalue weighted by molar-refractivity contribution is -0.121. The molecule has 3 aromatic heterocycles. The molecule has 2 fully saturated rings. The number of aromatic amines is 1. The van der Waals surface area contributed by atoms with E-state index in [9.17, 15) is 4.79 Å². The predicted molar refractivity (Wildman–Crippen MR) is 178 cm³/mol. The van der Waals surface area contributed by atoms with Gasteiger partial charge in [-0.2, -0.15) is 13.5 Å². The zero-order chi connectivity index (χ0) is 31.6. The molecule has 1 aromatic carbocycles. The van der Waals surface area contributed by atoms with Crippen molar-refractivity contribution in [1.29, 1.82) is 0 Å². The number of nitrogens with zero attached hydrogens (tertiary/aromatic N) is 7. The lowest BCUT2D eigenvalue weighted by Gasteiger charge is -2.35. The number of ketones is 1. The highest BCUT2D eigenvalue weighted by molar-refractivity contribution is 7.51. The number of anilines is 1. The molecule has 0 unspecified atom stereocenters. The normalized spacial score (nSPS) is 16.6. The third-order valence-corrected chi connectivity index (χ3v) is 9.74. The Morgan fingerprint density at radius 1 is 0.978 bits per heavy atom. The number of unbranched alkanes of at least 4 members (excludes halogenated alkanes) is 3. The fourth-order valence-electron chi connectivity index (χ4n) is 6.04. The van der Waals surface area contributed by atoms with Gasteiger partial charge in [-0.05, 0) is 38.6 Å². The van der Waals surface area contributed by atoms with Gasteiger partial charge in [0.1, 0.15) is 6.61 Å². The van der Waals surface area contributed by atoms with Gasteiger partial charge in [-0.15, -0.1) is 11.3 Å². The first-order chi connectivity index (χ1) is 22.0. The number of carbonyl (C=O) groups excluding carboxylic acids is 1. The van der Waals surface area contributed by atoms with Crippen LogP contribution < -0.4 is 4.90 Å². The minimum Gasteiger partial charge on any atom is -0.389 e. The molecule has 2 saturated heterocycles. The highest BCUT2D eigenvalue weighted by atomic mass is 32.1. The van der Waals surface area contributed by atoms with Crippen LogP contribution >= 0.6 is 11.3 Å². The molecule has 12 nitrogen and oxygen atoms in total. The minimum atomic E-state index is -0.750. The monoisotopic (exact) mass is 654 g/mol. The van der Waals surface area contributed by atoms with Crippen LogP contribution in [0.2, 0.25) is 0 Å². The number of hydrogen-bond donors (Lipinski definition) is 2. The van der Waals surface area contributed by atoms with Crippen LogP contribution in [0.3, 0.4) is 0 Å². The zero-order valence-corrected chi connectivity index (χ0v) is 27.5. The van der Waals surface area contributed by atoms with Gasteiger partial charge in [-0.1, -0.05) is 25.0 Å². The van der Waals surface area contributed by atoms with Gasteiger partial charge >= 0.3 is 11.6 Å². The van der Waals surface area contributed by atoms with Gasteiger partial charge in [-0.25, -0.2) is 9.97 Å². The van der Waals surface area contributed by atoms with Gasteiger partial charge in [0.25, 0.3) is 0 Å². The van der Waals surface area contributed by atoms with Crippen molar-refractivity contribution < 1.29 is 18.3 Å². The molecule has 0 radical (unpaired) electrons. The molecule has 0 saturated carbocycles. The van der Waals surface area contributed by atoms with Gasteiger partial charge in [0, 0.05) is 81.2 Å². The van der Waals surface area contributed by atoms with Crippen molar-refractivity contribution in [3.63, 3.8) is 0 Å². The Balaban J connectivity index is 0.00000128. The molecule has 0 atom stereocenters. The zero-order valence-electron chi connectivity index (χ0n) is 25.8. The van der Waals surface area contributed by atoms with E-state index >= 15 is 0 Å². The number of fused-ring (bicyclic) bond motifs is 2. The fraction of sp³-hybridized carbons (Fsp3) is 0.548. The number of nitrogens with one attached hydrogen (secondary N) is 1. The second-order valence-corrected chi connectivity index (χ2v) is 13.0. The molecule has 2 N–H and O–H groups in total. The largest absolute Gasteiger partial charge is 0.389 e. The van der Waals surface area contributed by atoms with Gasteiger partial charge in [0.2, 0.25) is 0 Å². The van der Waals surface area contributed by atoms with E-state index < -0.39 is 11.6 Å². The second kappa shape index (κ2) is 16.4. The van der Waals surface area contributed by atoms with E-state index in [0.717, 1.165) is 125 Å². The van der Waals surface area contributed by atoms with E-state index in [1.807, 2.05) is 29.7 Å². The number of aliphatic hydroxyl groups is 1. The van der Waals surface area contributed by atoms with E-state index in [4.69, 9.17) is 23.5 Å². The van der Waals surface area contributed by atoms with E-state index in [1.165, 1.54) is 9.58 Å². The molecule has 242 valence electrons. The summed E-state index contributed by atoms with van der Waals surface area (Å²) in [6.07, 6.45) is 6.56. The van der Waals surface area contributed by atoms with Crippen molar-refractivity contribution in [2.75, 3.05) is 77.5 Å². The molecule has 6 rings (SSSR count). The number of thiophene rings is 1. The van der Waals surface area contributed by atoms with Crippen molar-refractivity contribution in [1.82, 2.24) is 34.9 Å². The first kappa shape index (κ1) is 33.2. The van der Waals surface area contributed by atoms with Crippen molar-refractivity contribution in [2.45, 2.75) is 38.6 Å². The SMILES string of the molecule is CN1CCN(Cc2cc3nc(-c4cccc5[nH]ncc45)nc(N4CCN(CCCCCCC(=O)CO)CC4)c3s2)CC1.O=S=O. The smallest absolute Gasteiger partial charge is 0.335 e. The molecular weight excluding hydrogens is 613 g/mol. The van der Waals surface area contributed by atoms with E-state index in [0.29, 0.717) is 6.42 Å². The Labute approximate surface area is 271 Å². The Hall–Kier alpha value is -3.14. The third kappa shape index (κ3) is 8.77. The number of benzene rings is 1. The molecule has 0 aliphatic carbocycles. The van der Waals surface area contributed by atoms with E-state index in [2.05, 4.69) is 49.0 Å². The van der Waals surface area contributed by atoms with Crippen LogP contribution in [0, 0.1) is 0 Å². The summed E-state index contributed by atoms with van der Waals surface area (Å²) in [6.45, 7) is 10.1. The summed E-state index contributed by atoms with van der Waals surface area (Å²) in [7, 11) is 2.20.